The van der Waals surface area contributed by atoms with Crippen LogP contribution in [-0.4, -0.2) is 61.5 Å². The summed E-state index contributed by atoms with van der Waals surface area (Å²) in [5.41, 5.74) is 1.49. The Morgan fingerprint density at radius 1 is 1.15 bits per heavy atom. The van der Waals surface area contributed by atoms with Gasteiger partial charge in [0.25, 0.3) is 0 Å². The number of aryl methyl sites for hydroxylation is 1. The highest BCUT2D eigenvalue weighted by molar-refractivity contribution is 5.77. The van der Waals surface area contributed by atoms with Gasteiger partial charge in [-0.05, 0) is 43.1 Å². The lowest BCUT2D eigenvalue weighted by molar-refractivity contribution is -0.143. The van der Waals surface area contributed by atoms with Gasteiger partial charge < -0.3 is 14.5 Å². The van der Waals surface area contributed by atoms with Gasteiger partial charge in [0.05, 0.1) is 6.61 Å². The Morgan fingerprint density at radius 3 is 2.59 bits per heavy atom. The molecule has 1 aromatic carbocycles. The molecule has 1 spiro atoms. The number of carbonyl (C=O) groups excluding carboxylic acids is 2. The largest absolute Gasteiger partial charge is 0.383 e. The van der Waals surface area contributed by atoms with Crippen LogP contribution in [-0.2, 0) is 20.7 Å². The number of likely N-dealkylation sites (tertiary alicyclic amines) is 2. The summed E-state index contributed by atoms with van der Waals surface area (Å²) in [6.07, 6.45) is 6.10. The van der Waals surface area contributed by atoms with Crippen LogP contribution in [0.15, 0.2) is 30.3 Å². The fourth-order valence-corrected chi connectivity index (χ4v) is 4.39. The lowest BCUT2D eigenvalue weighted by atomic mass is 9.72. The van der Waals surface area contributed by atoms with Crippen LogP contribution in [0.25, 0.3) is 0 Å². The second-order valence-electron chi connectivity index (χ2n) is 8.03. The number of hydrogen-bond acceptors (Lipinski definition) is 3. The number of hydrogen-bond donors (Lipinski definition) is 0. The van der Waals surface area contributed by atoms with Crippen LogP contribution in [0, 0.1) is 5.41 Å². The quantitative estimate of drug-likeness (QED) is 0.739. The summed E-state index contributed by atoms with van der Waals surface area (Å²) in [6.45, 7) is 3.76. The molecule has 0 aromatic heterocycles. The van der Waals surface area contributed by atoms with Crippen molar-refractivity contribution in [3.8, 4) is 0 Å². The van der Waals surface area contributed by atoms with Gasteiger partial charge in [0, 0.05) is 46.1 Å². The van der Waals surface area contributed by atoms with Crippen LogP contribution < -0.4 is 0 Å². The zero-order valence-electron chi connectivity index (χ0n) is 16.5. The molecule has 0 bridgehead atoms. The first-order valence-corrected chi connectivity index (χ1v) is 10.2. The number of carbonyl (C=O) groups is 2. The maximum atomic E-state index is 12.6. The highest BCUT2D eigenvalue weighted by Gasteiger charge is 2.41. The molecule has 2 aliphatic heterocycles. The van der Waals surface area contributed by atoms with E-state index in [-0.39, 0.29) is 17.2 Å². The molecule has 3 rings (SSSR count). The molecule has 0 unspecified atom stereocenters. The normalized spacial score (nSPS) is 19.5. The number of nitrogens with zero attached hydrogens (tertiary/aromatic N) is 2. The van der Waals surface area contributed by atoms with Crippen LogP contribution in [0.5, 0.6) is 0 Å². The number of rotatable bonds is 7. The van der Waals surface area contributed by atoms with Gasteiger partial charge in [-0.15, -0.1) is 0 Å². The molecule has 2 heterocycles. The van der Waals surface area contributed by atoms with Crippen molar-refractivity contribution in [1.29, 1.82) is 0 Å². The van der Waals surface area contributed by atoms with Crippen molar-refractivity contribution < 1.29 is 14.3 Å². The second kappa shape index (κ2) is 9.36. The summed E-state index contributed by atoms with van der Waals surface area (Å²) in [7, 11) is 1.67. The van der Waals surface area contributed by atoms with Gasteiger partial charge in [-0.25, -0.2) is 0 Å². The number of methoxy groups -OCH3 is 1. The maximum absolute atomic E-state index is 12.6. The van der Waals surface area contributed by atoms with Crippen LogP contribution in [0.4, 0.5) is 0 Å². The van der Waals surface area contributed by atoms with Gasteiger partial charge in [-0.2, -0.15) is 0 Å². The van der Waals surface area contributed by atoms with E-state index in [0.717, 1.165) is 51.7 Å². The number of piperidine rings is 2. The molecule has 2 fully saturated rings. The van der Waals surface area contributed by atoms with Crippen molar-refractivity contribution in [2.75, 3.05) is 39.9 Å². The highest BCUT2D eigenvalue weighted by Crippen LogP contribution is 2.40. The molecule has 0 radical (unpaired) electrons. The molecule has 2 saturated heterocycles. The summed E-state index contributed by atoms with van der Waals surface area (Å²) in [4.78, 5) is 28.7. The first-order valence-electron chi connectivity index (χ1n) is 10.2. The van der Waals surface area contributed by atoms with E-state index in [1.165, 1.54) is 5.56 Å². The van der Waals surface area contributed by atoms with Crippen LogP contribution >= 0.6 is 0 Å². The lowest BCUT2D eigenvalue weighted by Crippen LogP contribution is -2.52. The molecular formula is C22H32N2O3. The second-order valence-corrected chi connectivity index (χ2v) is 8.03. The van der Waals surface area contributed by atoms with E-state index in [9.17, 15) is 9.59 Å². The minimum absolute atomic E-state index is 0.197. The zero-order valence-corrected chi connectivity index (χ0v) is 16.5. The average Bonchev–Trinajstić information content (AvgIpc) is 2.70. The predicted molar refractivity (Wildman–Crippen MR) is 105 cm³/mol. The molecule has 5 heteroatoms. The van der Waals surface area contributed by atoms with Crippen molar-refractivity contribution in [3.05, 3.63) is 35.9 Å². The van der Waals surface area contributed by atoms with Crippen LogP contribution in [0.3, 0.4) is 0 Å². The third-order valence-corrected chi connectivity index (χ3v) is 6.19. The predicted octanol–water partition coefficient (Wildman–Crippen LogP) is 2.89. The van der Waals surface area contributed by atoms with Crippen molar-refractivity contribution in [3.63, 3.8) is 0 Å². The monoisotopic (exact) mass is 372 g/mol. The van der Waals surface area contributed by atoms with E-state index in [0.29, 0.717) is 26.0 Å². The molecule has 0 aliphatic carbocycles. The molecule has 27 heavy (non-hydrogen) atoms. The van der Waals surface area contributed by atoms with Crippen molar-refractivity contribution in [1.82, 2.24) is 9.80 Å². The van der Waals surface area contributed by atoms with Gasteiger partial charge in [0.15, 0.2) is 0 Å². The summed E-state index contributed by atoms with van der Waals surface area (Å²) < 4.78 is 5.14. The van der Waals surface area contributed by atoms with Crippen molar-refractivity contribution in [2.45, 2.75) is 44.9 Å². The van der Waals surface area contributed by atoms with E-state index in [4.69, 9.17) is 4.74 Å². The zero-order chi connectivity index (χ0) is 19.1. The molecule has 1 aromatic rings. The van der Waals surface area contributed by atoms with Crippen molar-refractivity contribution in [2.24, 2.45) is 5.41 Å². The Kier molecular flexibility index (Phi) is 6.89. The third kappa shape index (κ3) is 5.32. The molecule has 0 saturated carbocycles. The molecule has 2 amide bonds. The Labute approximate surface area is 162 Å². The van der Waals surface area contributed by atoms with Gasteiger partial charge >= 0.3 is 0 Å². The smallest absolute Gasteiger partial charge is 0.222 e. The first-order chi connectivity index (χ1) is 13.1. The molecule has 5 nitrogen and oxygen atoms in total. The van der Waals surface area contributed by atoms with E-state index in [1.54, 1.807) is 7.11 Å². The Morgan fingerprint density at radius 2 is 1.89 bits per heavy atom. The third-order valence-electron chi connectivity index (χ3n) is 6.19. The summed E-state index contributed by atoms with van der Waals surface area (Å²) in [5.74, 6) is 0.529. The number of benzene rings is 1. The fraction of sp³-hybridized carbons (Fsp3) is 0.636. The minimum atomic E-state index is 0.197. The van der Waals surface area contributed by atoms with Crippen molar-refractivity contribution >= 4 is 11.8 Å². The summed E-state index contributed by atoms with van der Waals surface area (Å²) in [5, 5.41) is 0. The SMILES string of the molecule is COCCN1CC2(CCC1=O)CCN(C(=O)CCCc1ccccc1)CC2. The molecule has 148 valence electrons. The minimum Gasteiger partial charge on any atom is -0.383 e. The van der Waals surface area contributed by atoms with E-state index in [2.05, 4.69) is 12.1 Å². The fourth-order valence-electron chi connectivity index (χ4n) is 4.39. The first kappa shape index (κ1) is 19.9. The Balaban J connectivity index is 1.43. The van der Waals surface area contributed by atoms with E-state index < -0.39 is 0 Å². The highest BCUT2D eigenvalue weighted by atomic mass is 16.5. The maximum Gasteiger partial charge on any atom is 0.222 e. The van der Waals surface area contributed by atoms with Crippen LogP contribution in [0.1, 0.15) is 44.1 Å². The Bertz CT molecular complexity index is 624. The van der Waals surface area contributed by atoms with Gasteiger partial charge in [0.2, 0.25) is 11.8 Å². The van der Waals surface area contributed by atoms with Gasteiger partial charge in [-0.3, -0.25) is 9.59 Å². The van der Waals surface area contributed by atoms with Crippen LogP contribution in [0.2, 0.25) is 0 Å². The lowest BCUT2D eigenvalue weighted by Gasteiger charge is -2.47. The molecule has 0 atom stereocenters. The number of ether oxygens (including phenoxy) is 1. The summed E-state index contributed by atoms with van der Waals surface area (Å²) in [6, 6.07) is 10.4. The summed E-state index contributed by atoms with van der Waals surface area (Å²) >= 11 is 0. The topological polar surface area (TPSA) is 49.9 Å². The Hall–Kier alpha value is -1.88. The number of amides is 2. The average molecular weight is 373 g/mol. The molecule has 0 N–H and O–H groups in total. The standard InChI is InChI=1S/C22H32N2O3/c1-27-17-16-24-18-22(11-10-21(24)26)12-14-23(15-13-22)20(25)9-5-8-19-6-3-2-4-7-19/h2-4,6-7H,5,8-18H2,1H3. The molecular weight excluding hydrogens is 340 g/mol. The van der Waals surface area contributed by atoms with Gasteiger partial charge in [0.1, 0.15) is 0 Å². The van der Waals surface area contributed by atoms with E-state index in [1.807, 2.05) is 28.0 Å². The van der Waals surface area contributed by atoms with E-state index >= 15 is 0 Å². The van der Waals surface area contributed by atoms with Gasteiger partial charge in [-0.1, -0.05) is 30.3 Å². The molecule has 2 aliphatic rings.